The van der Waals surface area contributed by atoms with Gasteiger partial charge in [0, 0.05) is 17.7 Å². The first kappa shape index (κ1) is 29.2. The fourth-order valence-corrected chi connectivity index (χ4v) is 3.74. The van der Waals surface area contributed by atoms with Crippen LogP contribution in [0.4, 0.5) is 17.3 Å². The van der Waals surface area contributed by atoms with E-state index in [1.54, 1.807) is 0 Å². The van der Waals surface area contributed by atoms with Crippen molar-refractivity contribution in [2.45, 2.75) is 20.3 Å². The van der Waals surface area contributed by atoms with Crippen LogP contribution in [0.2, 0.25) is 0 Å². The first-order valence-electron chi connectivity index (χ1n) is 12.4. The standard InChI is InChI=1S/C31H29N2O.BF4/c1-23-5-12-26(13-6-23)28-21-30(34-31(22-28)27-14-7-24(2)8-15-27)18-11-25-9-16-29(17-10-25)33(3)20-4-19-32;2-1(3,4)5/h5-18,21-22H,4,20H2,1-3H3;/q+1;-1. The van der Waals surface area contributed by atoms with Crippen molar-refractivity contribution >= 4 is 24.3 Å². The third-order valence-electron chi connectivity index (χ3n) is 5.87. The second kappa shape index (κ2) is 13.4. The molecule has 39 heavy (non-hydrogen) atoms. The molecule has 0 spiro atoms. The van der Waals surface area contributed by atoms with Crippen molar-refractivity contribution in [3.05, 3.63) is 131 Å². The van der Waals surface area contributed by atoms with Gasteiger partial charge in [0.2, 0.25) is 0 Å². The first-order chi connectivity index (χ1) is 18.5. The molecular formula is C31H29BF4N2O. The van der Waals surface area contributed by atoms with Gasteiger partial charge in [-0.15, -0.1) is 0 Å². The monoisotopic (exact) mass is 532 g/mol. The van der Waals surface area contributed by atoms with Crippen molar-refractivity contribution in [2.24, 2.45) is 0 Å². The molecule has 8 heteroatoms. The summed E-state index contributed by atoms with van der Waals surface area (Å²) >= 11 is 0. The van der Waals surface area contributed by atoms with Crippen LogP contribution in [0.3, 0.4) is 0 Å². The summed E-state index contributed by atoms with van der Waals surface area (Å²) in [6.07, 6.45) is 17.1. The molecule has 0 fully saturated rings. The minimum atomic E-state index is -6.00. The number of nitriles is 1. The Morgan fingerprint density at radius 1 is 0.821 bits per heavy atom. The molecule has 200 valence electrons. The van der Waals surface area contributed by atoms with E-state index in [0.717, 1.165) is 46.0 Å². The molecule has 3 nitrogen and oxygen atoms in total. The Hall–Kier alpha value is -4.38. The van der Waals surface area contributed by atoms with Gasteiger partial charge in [-0.2, -0.15) is 5.26 Å². The Morgan fingerprint density at radius 3 is 1.90 bits per heavy atom. The third kappa shape index (κ3) is 9.78. The van der Waals surface area contributed by atoms with Gasteiger partial charge in [-0.05, 0) is 60.9 Å². The van der Waals surface area contributed by atoms with Gasteiger partial charge in [-0.1, -0.05) is 65.7 Å². The van der Waals surface area contributed by atoms with Gasteiger partial charge in [-0.3, -0.25) is 0 Å². The molecule has 2 aromatic rings. The second-order valence-corrected chi connectivity index (χ2v) is 9.09. The van der Waals surface area contributed by atoms with Crippen LogP contribution in [0.1, 0.15) is 28.7 Å². The third-order valence-corrected chi connectivity index (χ3v) is 5.87. The lowest BCUT2D eigenvalue weighted by Crippen LogP contribution is -2.16. The van der Waals surface area contributed by atoms with Crippen molar-refractivity contribution < 1.29 is 26.6 Å². The first-order valence-corrected chi connectivity index (χ1v) is 12.4. The van der Waals surface area contributed by atoms with E-state index in [1.165, 1.54) is 11.1 Å². The maximum Gasteiger partial charge on any atom is 0.673 e. The Labute approximate surface area is 226 Å². The number of hydrogen-bond donors (Lipinski definition) is 0. The zero-order chi connectivity index (χ0) is 28.4. The topological polar surface area (TPSA) is 36.0 Å². The average molecular weight is 532 g/mol. The van der Waals surface area contributed by atoms with Crippen LogP contribution in [-0.4, -0.2) is 31.1 Å². The molecule has 0 atom stereocenters. The molecule has 1 heterocycles. The zero-order valence-electron chi connectivity index (χ0n) is 22.0. The van der Waals surface area contributed by atoms with Crippen molar-refractivity contribution in [3.8, 4) is 6.07 Å². The Bertz CT molecular complexity index is 1410. The number of ether oxygens (including phenoxy) is 1. The van der Waals surface area contributed by atoms with Gasteiger partial charge in [0.1, 0.15) is 18.6 Å². The van der Waals surface area contributed by atoms with Crippen molar-refractivity contribution in [1.29, 1.82) is 5.26 Å². The summed E-state index contributed by atoms with van der Waals surface area (Å²) in [6, 6.07) is 19.2. The van der Waals surface area contributed by atoms with Crippen LogP contribution in [-0.2, 0) is 4.74 Å². The zero-order valence-corrected chi connectivity index (χ0v) is 22.0. The second-order valence-electron chi connectivity index (χ2n) is 9.09. The molecule has 0 radical (unpaired) electrons. The number of allylic oxidation sites excluding steroid dienone is 10. The van der Waals surface area contributed by atoms with Gasteiger partial charge < -0.3 is 22.0 Å². The lowest BCUT2D eigenvalue weighted by Gasteiger charge is -2.18. The lowest BCUT2D eigenvalue weighted by atomic mass is 9.99. The Kier molecular flexibility index (Phi) is 10.0. The number of halogens is 4. The van der Waals surface area contributed by atoms with Gasteiger partial charge >= 0.3 is 7.25 Å². The van der Waals surface area contributed by atoms with Gasteiger partial charge in [0.25, 0.3) is 0 Å². The summed E-state index contributed by atoms with van der Waals surface area (Å²) in [5.74, 6) is 1.64. The highest BCUT2D eigenvalue weighted by molar-refractivity contribution is 6.50. The minimum absolute atomic E-state index is 0.514. The number of benzene rings is 2. The van der Waals surface area contributed by atoms with E-state index >= 15 is 0 Å². The SMILES string of the molecule is Cc1ccc(C2=CC(=CC=C3C=CC(=[N+](C)CCC#N)C=C3)OC(c3ccc(C)cc3)=C2)cc1.F[B-](F)(F)F. The van der Waals surface area contributed by atoms with E-state index in [1.807, 2.05) is 13.1 Å². The predicted octanol–water partition coefficient (Wildman–Crippen LogP) is 7.99. The summed E-state index contributed by atoms with van der Waals surface area (Å²) in [5, 5.41) is 8.80. The lowest BCUT2D eigenvalue weighted by molar-refractivity contribution is -0.494. The van der Waals surface area contributed by atoms with E-state index in [9.17, 15) is 17.3 Å². The van der Waals surface area contributed by atoms with E-state index in [2.05, 4.69) is 116 Å². The highest BCUT2D eigenvalue weighted by atomic mass is 19.5. The normalized spacial score (nSPS) is 15.5. The van der Waals surface area contributed by atoms with Crippen molar-refractivity contribution in [3.63, 3.8) is 0 Å². The van der Waals surface area contributed by atoms with Crippen LogP contribution in [0.5, 0.6) is 0 Å². The minimum Gasteiger partial charge on any atom is -0.457 e. The quantitative estimate of drug-likeness (QED) is 0.222. The molecule has 0 saturated heterocycles. The van der Waals surface area contributed by atoms with E-state index in [4.69, 9.17) is 10.00 Å². The number of hydrogen-bond acceptors (Lipinski definition) is 2. The van der Waals surface area contributed by atoms with Gasteiger partial charge in [0.15, 0.2) is 12.3 Å². The van der Waals surface area contributed by atoms with E-state index in [-0.39, 0.29) is 0 Å². The van der Waals surface area contributed by atoms with Crippen LogP contribution < -0.4 is 0 Å². The molecule has 1 aliphatic carbocycles. The molecule has 2 aromatic carbocycles. The molecule has 1 aliphatic heterocycles. The summed E-state index contributed by atoms with van der Waals surface area (Å²) in [7, 11) is -4.00. The molecule has 0 saturated carbocycles. The largest absolute Gasteiger partial charge is 0.673 e. The maximum atomic E-state index is 9.75. The number of rotatable bonds is 5. The average Bonchev–Trinajstić information content (AvgIpc) is 2.90. The summed E-state index contributed by atoms with van der Waals surface area (Å²) in [6.45, 7) is 4.91. The van der Waals surface area contributed by atoms with Crippen molar-refractivity contribution in [2.75, 3.05) is 13.6 Å². The van der Waals surface area contributed by atoms with Crippen molar-refractivity contribution in [1.82, 2.24) is 0 Å². The van der Waals surface area contributed by atoms with Crippen LogP contribution in [0.25, 0.3) is 11.3 Å². The summed E-state index contributed by atoms with van der Waals surface area (Å²) in [4.78, 5) is 0. The molecule has 0 N–H and O–H groups in total. The van der Waals surface area contributed by atoms with Crippen LogP contribution >= 0.6 is 0 Å². The number of nitrogens with zero attached hydrogens (tertiary/aromatic N) is 2. The van der Waals surface area contributed by atoms with Gasteiger partial charge in [0.05, 0.1) is 12.5 Å². The molecule has 0 amide bonds. The Balaban J connectivity index is 0.000000771. The van der Waals surface area contributed by atoms with Crippen LogP contribution in [0.15, 0.2) is 108 Å². The molecule has 0 bridgehead atoms. The summed E-state index contributed by atoms with van der Waals surface area (Å²) in [5.41, 5.74) is 7.99. The van der Waals surface area contributed by atoms with E-state index in [0.29, 0.717) is 6.42 Å². The Morgan fingerprint density at radius 2 is 1.36 bits per heavy atom. The molecule has 4 rings (SSSR count). The highest BCUT2D eigenvalue weighted by Crippen LogP contribution is 2.32. The molecule has 0 aromatic heterocycles. The molecule has 2 aliphatic rings. The molecular weight excluding hydrogens is 503 g/mol. The van der Waals surface area contributed by atoms with Crippen LogP contribution in [0, 0.1) is 25.2 Å². The summed E-state index contributed by atoms with van der Waals surface area (Å²) < 4.78 is 47.4. The fourth-order valence-electron chi connectivity index (χ4n) is 3.74. The molecule has 0 unspecified atom stereocenters. The predicted molar refractivity (Wildman–Crippen MR) is 150 cm³/mol. The highest BCUT2D eigenvalue weighted by Gasteiger charge is 2.20. The fraction of sp³-hybridized carbons (Fsp3) is 0.161. The van der Waals surface area contributed by atoms with Gasteiger partial charge in [-0.25, -0.2) is 4.58 Å². The van der Waals surface area contributed by atoms with E-state index < -0.39 is 7.25 Å². The maximum absolute atomic E-state index is 9.75. The number of aryl methyl sites for hydroxylation is 2. The smallest absolute Gasteiger partial charge is 0.457 e.